The first-order valence-electron chi connectivity index (χ1n) is 8.69. The van der Waals surface area contributed by atoms with Gasteiger partial charge in [0.25, 0.3) is 0 Å². The van der Waals surface area contributed by atoms with E-state index in [9.17, 15) is 4.79 Å². The maximum Gasteiger partial charge on any atom is 0.336 e. The summed E-state index contributed by atoms with van der Waals surface area (Å²) in [7, 11) is 1.50. The van der Waals surface area contributed by atoms with Crippen LogP contribution in [-0.4, -0.2) is 33.7 Å². The van der Waals surface area contributed by atoms with Gasteiger partial charge in [-0.25, -0.2) is 4.68 Å². The van der Waals surface area contributed by atoms with Gasteiger partial charge in [-0.15, -0.1) is 16.7 Å². The molecule has 0 saturated heterocycles. The quantitative estimate of drug-likeness (QED) is 0.504. The van der Waals surface area contributed by atoms with E-state index in [4.69, 9.17) is 39.5 Å². The minimum Gasteiger partial charge on any atom is -0.466 e. The number of ether oxygens (including phenoxy) is 1. The summed E-state index contributed by atoms with van der Waals surface area (Å²) < 4.78 is 6.82. The Kier molecular flexibility index (Phi) is 6.36. The second-order valence-electron chi connectivity index (χ2n) is 6.98. The highest BCUT2D eigenvalue weighted by molar-refractivity contribution is 6.42. The molecule has 0 fully saturated rings. The van der Waals surface area contributed by atoms with E-state index in [0.717, 1.165) is 11.3 Å². The van der Waals surface area contributed by atoms with Crippen molar-refractivity contribution in [3.05, 3.63) is 52.5 Å². The van der Waals surface area contributed by atoms with E-state index >= 15 is 0 Å². The van der Waals surface area contributed by atoms with Crippen LogP contribution in [0.2, 0.25) is 10.0 Å². The van der Waals surface area contributed by atoms with Gasteiger partial charge in [0.1, 0.15) is 0 Å². The van der Waals surface area contributed by atoms with Crippen LogP contribution in [0.15, 0.2) is 42.5 Å². The number of nitrogens with zero attached hydrogens (tertiary/aromatic N) is 3. The predicted octanol–water partition coefficient (Wildman–Crippen LogP) is 5.45. The van der Waals surface area contributed by atoms with Crippen LogP contribution in [0, 0.1) is 5.41 Å². The number of rotatable bonds is 6. The number of alkyl halides is 1. The lowest BCUT2D eigenvalue weighted by molar-refractivity contribution is -0.122. The van der Waals surface area contributed by atoms with Gasteiger partial charge in [-0.1, -0.05) is 23.2 Å². The summed E-state index contributed by atoms with van der Waals surface area (Å²) >= 11 is 18.0. The highest BCUT2D eigenvalue weighted by Crippen LogP contribution is 2.30. The molecule has 152 valence electrons. The van der Waals surface area contributed by atoms with Gasteiger partial charge in [-0.2, -0.15) is 4.98 Å². The fourth-order valence-electron chi connectivity index (χ4n) is 2.43. The standard InChI is InChI=1S/C20H19Cl3N4O2/c1-20(2,11-21)18(28)24-13-5-7-14(8-6-13)27-17(25-19(26-27)29-3)12-4-9-15(22)16(23)10-12/h4-10H,11H2,1-3H3,(H,24,28). The third kappa shape index (κ3) is 4.66. The predicted molar refractivity (Wildman–Crippen MR) is 116 cm³/mol. The zero-order chi connectivity index (χ0) is 21.2. The van der Waals surface area contributed by atoms with Crippen molar-refractivity contribution in [2.24, 2.45) is 5.41 Å². The molecule has 3 aromatic rings. The molecule has 2 aromatic carbocycles. The molecule has 0 atom stereocenters. The van der Waals surface area contributed by atoms with Crippen molar-refractivity contribution < 1.29 is 9.53 Å². The van der Waals surface area contributed by atoms with Gasteiger partial charge in [0.2, 0.25) is 5.91 Å². The average molecular weight is 454 g/mol. The smallest absolute Gasteiger partial charge is 0.336 e. The Morgan fingerprint density at radius 1 is 1.14 bits per heavy atom. The van der Waals surface area contributed by atoms with Crippen LogP contribution in [0.3, 0.4) is 0 Å². The molecule has 1 amide bonds. The van der Waals surface area contributed by atoms with E-state index in [1.54, 1.807) is 48.9 Å². The first-order chi connectivity index (χ1) is 13.7. The Balaban J connectivity index is 1.93. The van der Waals surface area contributed by atoms with Gasteiger partial charge in [0.15, 0.2) is 5.82 Å². The molecule has 1 N–H and O–H groups in total. The lowest BCUT2D eigenvalue weighted by Crippen LogP contribution is -2.32. The molecule has 0 bridgehead atoms. The molecular formula is C20H19Cl3N4O2. The normalized spacial score (nSPS) is 11.4. The van der Waals surface area contributed by atoms with Crippen LogP contribution in [0.5, 0.6) is 6.01 Å². The number of carbonyl (C=O) groups is 1. The number of benzene rings is 2. The summed E-state index contributed by atoms with van der Waals surface area (Å²) in [6.07, 6.45) is 0. The Bertz CT molecular complexity index is 1030. The molecular weight excluding hydrogens is 435 g/mol. The highest BCUT2D eigenvalue weighted by Gasteiger charge is 2.26. The van der Waals surface area contributed by atoms with Crippen molar-refractivity contribution in [1.29, 1.82) is 0 Å². The Labute approximate surface area is 183 Å². The molecule has 0 radical (unpaired) electrons. The third-order valence-corrected chi connectivity index (χ3v) is 5.67. The molecule has 0 aliphatic heterocycles. The first-order valence-corrected chi connectivity index (χ1v) is 9.98. The summed E-state index contributed by atoms with van der Waals surface area (Å²) in [5, 5.41) is 8.10. The number of hydrogen-bond acceptors (Lipinski definition) is 4. The molecule has 1 heterocycles. The van der Waals surface area contributed by atoms with Crippen molar-refractivity contribution in [3.63, 3.8) is 0 Å². The Hall–Kier alpha value is -2.28. The fourth-order valence-corrected chi connectivity index (χ4v) is 2.85. The maximum absolute atomic E-state index is 12.3. The molecule has 6 nitrogen and oxygen atoms in total. The molecule has 3 rings (SSSR count). The minimum atomic E-state index is -0.666. The summed E-state index contributed by atoms with van der Waals surface area (Å²) in [5.41, 5.74) is 1.45. The van der Waals surface area contributed by atoms with Crippen LogP contribution >= 0.6 is 34.8 Å². The maximum atomic E-state index is 12.3. The number of hydrogen-bond donors (Lipinski definition) is 1. The molecule has 0 unspecified atom stereocenters. The zero-order valence-corrected chi connectivity index (χ0v) is 18.3. The summed E-state index contributed by atoms with van der Waals surface area (Å²) in [6.45, 7) is 3.57. The minimum absolute atomic E-state index is 0.154. The molecule has 9 heteroatoms. The van der Waals surface area contributed by atoms with E-state index in [0.29, 0.717) is 21.6 Å². The summed E-state index contributed by atoms with van der Waals surface area (Å²) in [4.78, 5) is 16.7. The largest absolute Gasteiger partial charge is 0.466 e. The Morgan fingerprint density at radius 2 is 1.83 bits per heavy atom. The average Bonchev–Trinajstić information content (AvgIpc) is 3.15. The molecule has 0 aliphatic rings. The van der Waals surface area contributed by atoms with Crippen LogP contribution in [0.4, 0.5) is 5.69 Å². The van der Waals surface area contributed by atoms with Crippen LogP contribution in [0.25, 0.3) is 17.1 Å². The second kappa shape index (κ2) is 8.61. The van der Waals surface area contributed by atoms with Crippen molar-refractivity contribution >= 4 is 46.4 Å². The van der Waals surface area contributed by atoms with Gasteiger partial charge in [0.05, 0.1) is 28.3 Å². The number of amides is 1. The fraction of sp³-hybridized carbons (Fsp3) is 0.250. The molecule has 29 heavy (non-hydrogen) atoms. The SMILES string of the molecule is COc1nc(-c2ccc(Cl)c(Cl)c2)n(-c2ccc(NC(=O)C(C)(C)CCl)cc2)n1. The van der Waals surface area contributed by atoms with E-state index < -0.39 is 5.41 Å². The monoisotopic (exact) mass is 452 g/mol. The van der Waals surface area contributed by atoms with Gasteiger partial charge >= 0.3 is 6.01 Å². The lowest BCUT2D eigenvalue weighted by Gasteiger charge is -2.20. The van der Waals surface area contributed by atoms with Gasteiger partial charge in [-0.05, 0) is 56.3 Å². The van der Waals surface area contributed by atoms with E-state index in [2.05, 4.69) is 15.4 Å². The van der Waals surface area contributed by atoms with Gasteiger partial charge in [0, 0.05) is 17.1 Å². The van der Waals surface area contributed by atoms with E-state index in [-0.39, 0.29) is 17.8 Å². The second-order valence-corrected chi connectivity index (χ2v) is 8.06. The van der Waals surface area contributed by atoms with Crippen LogP contribution < -0.4 is 10.1 Å². The van der Waals surface area contributed by atoms with Gasteiger partial charge < -0.3 is 10.1 Å². The molecule has 0 saturated carbocycles. The van der Waals surface area contributed by atoms with Crippen LogP contribution in [-0.2, 0) is 4.79 Å². The molecule has 0 aliphatic carbocycles. The van der Waals surface area contributed by atoms with E-state index in [1.165, 1.54) is 7.11 Å². The van der Waals surface area contributed by atoms with Crippen molar-refractivity contribution in [2.75, 3.05) is 18.3 Å². The Morgan fingerprint density at radius 3 is 2.41 bits per heavy atom. The number of carbonyl (C=O) groups excluding carboxylic acids is 1. The summed E-state index contributed by atoms with van der Waals surface area (Å²) in [6, 6.07) is 12.6. The van der Waals surface area contributed by atoms with Gasteiger partial charge in [-0.3, -0.25) is 4.79 Å². The number of anilines is 1. The number of halogens is 3. The zero-order valence-electron chi connectivity index (χ0n) is 16.0. The van der Waals surface area contributed by atoms with E-state index in [1.807, 2.05) is 12.1 Å². The van der Waals surface area contributed by atoms with Crippen molar-refractivity contribution in [3.8, 4) is 23.1 Å². The highest BCUT2D eigenvalue weighted by atomic mass is 35.5. The topological polar surface area (TPSA) is 69.0 Å². The number of aromatic nitrogens is 3. The first kappa shape index (κ1) is 21.4. The molecule has 1 aromatic heterocycles. The van der Waals surface area contributed by atoms with Crippen LogP contribution in [0.1, 0.15) is 13.8 Å². The number of methoxy groups -OCH3 is 1. The molecule has 0 spiro atoms. The van der Waals surface area contributed by atoms with Crippen molar-refractivity contribution in [2.45, 2.75) is 13.8 Å². The summed E-state index contributed by atoms with van der Waals surface area (Å²) in [5.74, 6) is 0.613. The van der Waals surface area contributed by atoms with Crippen molar-refractivity contribution in [1.82, 2.24) is 14.8 Å². The number of nitrogens with one attached hydrogen (secondary N) is 1. The third-order valence-electron chi connectivity index (χ3n) is 4.27. The lowest BCUT2D eigenvalue weighted by atomic mass is 9.95.